The molecule has 0 fully saturated rings. The summed E-state index contributed by atoms with van der Waals surface area (Å²) in [5.41, 5.74) is 0.545. The standard InChI is InChI=1S/C15H15N7O/c23-15(21-6-5-19-13-10-16-3-4-18-13)12-1-2-20-14(9-12)22-8-7-17-11-22/h1-4,7-11H,5-6H2,(H,18,19)(H,21,23). The van der Waals surface area contributed by atoms with E-state index in [1.54, 1.807) is 60.2 Å². The molecule has 8 nitrogen and oxygen atoms in total. The molecule has 0 atom stereocenters. The van der Waals surface area contributed by atoms with Crippen LogP contribution in [0, 0.1) is 0 Å². The van der Waals surface area contributed by atoms with Gasteiger partial charge in [0.2, 0.25) is 0 Å². The average molecular weight is 309 g/mol. The van der Waals surface area contributed by atoms with Gasteiger partial charge in [-0.25, -0.2) is 15.0 Å². The Morgan fingerprint density at radius 3 is 2.83 bits per heavy atom. The van der Waals surface area contributed by atoms with Crippen molar-refractivity contribution in [3.8, 4) is 5.82 Å². The fraction of sp³-hybridized carbons (Fsp3) is 0.133. The number of aromatic nitrogens is 5. The van der Waals surface area contributed by atoms with Crippen LogP contribution in [0.2, 0.25) is 0 Å². The first-order valence-electron chi connectivity index (χ1n) is 7.05. The number of nitrogens with one attached hydrogen (secondary N) is 2. The smallest absolute Gasteiger partial charge is 0.251 e. The van der Waals surface area contributed by atoms with E-state index in [1.165, 1.54) is 0 Å². The van der Waals surface area contributed by atoms with Crippen LogP contribution in [0.5, 0.6) is 0 Å². The molecule has 0 bridgehead atoms. The van der Waals surface area contributed by atoms with Crippen molar-refractivity contribution >= 4 is 11.7 Å². The summed E-state index contributed by atoms with van der Waals surface area (Å²) in [5, 5.41) is 5.91. The molecule has 3 rings (SSSR count). The molecule has 2 N–H and O–H groups in total. The van der Waals surface area contributed by atoms with Gasteiger partial charge in [0, 0.05) is 49.6 Å². The quantitative estimate of drug-likeness (QED) is 0.657. The third kappa shape index (κ3) is 3.88. The van der Waals surface area contributed by atoms with Gasteiger partial charge < -0.3 is 10.6 Å². The van der Waals surface area contributed by atoms with E-state index in [0.717, 1.165) is 0 Å². The maximum absolute atomic E-state index is 12.2. The fourth-order valence-corrected chi connectivity index (χ4v) is 1.95. The van der Waals surface area contributed by atoms with E-state index in [9.17, 15) is 4.79 Å². The van der Waals surface area contributed by atoms with Crippen LogP contribution in [0.25, 0.3) is 5.82 Å². The lowest BCUT2D eigenvalue weighted by atomic mass is 10.2. The Labute approximate surface area is 132 Å². The number of amides is 1. The number of hydrogen-bond donors (Lipinski definition) is 2. The first kappa shape index (κ1) is 14.6. The second kappa shape index (κ2) is 7.12. The monoisotopic (exact) mass is 309 g/mol. The Balaban J connectivity index is 1.53. The number of pyridine rings is 1. The van der Waals surface area contributed by atoms with Crippen molar-refractivity contribution < 1.29 is 4.79 Å². The van der Waals surface area contributed by atoms with Gasteiger partial charge in [-0.1, -0.05) is 0 Å². The Bertz CT molecular complexity index is 759. The lowest BCUT2D eigenvalue weighted by Crippen LogP contribution is -2.29. The molecule has 1 amide bonds. The van der Waals surface area contributed by atoms with Gasteiger partial charge in [-0.2, -0.15) is 0 Å². The van der Waals surface area contributed by atoms with E-state index < -0.39 is 0 Å². The number of nitrogens with zero attached hydrogens (tertiary/aromatic N) is 5. The third-order valence-electron chi connectivity index (χ3n) is 3.06. The minimum absolute atomic E-state index is 0.158. The fourth-order valence-electron chi connectivity index (χ4n) is 1.95. The molecule has 0 aliphatic rings. The molecule has 0 saturated carbocycles. The predicted octanol–water partition coefficient (Wildman–Crippen LogP) is 0.899. The molecular weight excluding hydrogens is 294 g/mol. The molecule has 0 saturated heterocycles. The van der Waals surface area contributed by atoms with Gasteiger partial charge in [0.05, 0.1) is 6.20 Å². The van der Waals surface area contributed by atoms with E-state index >= 15 is 0 Å². The first-order valence-corrected chi connectivity index (χ1v) is 7.05. The predicted molar refractivity (Wildman–Crippen MR) is 84.2 cm³/mol. The van der Waals surface area contributed by atoms with Crippen LogP contribution < -0.4 is 10.6 Å². The van der Waals surface area contributed by atoms with Crippen molar-refractivity contribution in [2.24, 2.45) is 0 Å². The van der Waals surface area contributed by atoms with Gasteiger partial charge in [0.1, 0.15) is 18.0 Å². The molecule has 3 aromatic rings. The molecule has 3 aromatic heterocycles. The maximum Gasteiger partial charge on any atom is 0.251 e. The number of imidazole rings is 1. The summed E-state index contributed by atoms with van der Waals surface area (Å²) in [6, 6.07) is 3.39. The third-order valence-corrected chi connectivity index (χ3v) is 3.06. The first-order chi connectivity index (χ1) is 11.3. The zero-order chi connectivity index (χ0) is 15.9. The Morgan fingerprint density at radius 2 is 2.04 bits per heavy atom. The maximum atomic E-state index is 12.2. The molecule has 0 spiro atoms. The van der Waals surface area contributed by atoms with Gasteiger partial charge in [-0.15, -0.1) is 0 Å². The SMILES string of the molecule is O=C(NCCNc1cnccn1)c1ccnc(-n2ccnc2)c1. The lowest BCUT2D eigenvalue weighted by molar-refractivity contribution is 0.0955. The molecule has 3 heterocycles. The van der Waals surface area contributed by atoms with Gasteiger partial charge in [0.25, 0.3) is 5.91 Å². The van der Waals surface area contributed by atoms with Crippen molar-refractivity contribution in [3.05, 3.63) is 61.2 Å². The summed E-state index contributed by atoms with van der Waals surface area (Å²) in [5.74, 6) is 1.16. The molecule has 23 heavy (non-hydrogen) atoms. The topological polar surface area (TPSA) is 97.6 Å². The summed E-state index contributed by atoms with van der Waals surface area (Å²) in [6.45, 7) is 1.03. The number of rotatable bonds is 6. The molecule has 0 aromatic carbocycles. The van der Waals surface area contributed by atoms with Crippen LogP contribution in [-0.2, 0) is 0 Å². The second-order valence-electron chi connectivity index (χ2n) is 4.65. The van der Waals surface area contributed by atoms with Crippen LogP contribution in [0.15, 0.2) is 55.6 Å². The van der Waals surface area contributed by atoms with E-state index in [-0.39, 0.29) is 5.91 Å². The van der Waals surface area contributed by atoms with Crippen LogP contribution in [0.4, 0.5) is 5.82 Å². The van der Waals surface area contributed by atoms with Crippen LogP contribution in [-0.4, -0.2) is 43.5 Å². The minimum Gasteiger partial charge on any atom is -0.367 e. The molecular formula is C15H15N7O. The van der Waals surface area contributed by atoms with E-state index in [2.05, 4.69) is 30.6 Å². The highest BCUT2D eigenvalue weighted by Gasteiger charge is 2.07. The molecule has 116 valence electrons. The molecule has 0 radical (unpaired) electrons. The van der Waals surface area contributed by atoms with Crippen LogP contribution in [0.3, 0.4) is 0 Å². The average Bonchev–Trinajstić information content (AvgIpc) is 3.14. The van der Waals surface area contributed by atoms with E-state index in [0.29, 0.717) is 30.3 Å². The second-order valence-corrected chi connectivity index (χ2v) is 4.65. The van der Waals surface area contributed by atoms with Crippen LogP contribution >= 0.6 is 0 Å². The van der Waals surface area contributed by atoms with E-state index in [1.807, 2.05) is 0 Å². The Kier molecular flexibility index (Phi) is 4.53. The van der Waals surface area contributed by atoms with Gasteiger partial charge in [-0.05, 0) is 12.1 Å². The van der Waals surface area contributed by atoms with Gasteiger partial charge in [-0.3, -0.25) is 14.3 Å². The summed E-state index contributed by atoms with van der Waals surface area (Å²) in [4.78, 5) is 28.4. The van der Waals surface area contributed by atoms with Crippen molar-refractivity contribution in [3.63, 3.8) is 0 Å². The zero-order valence-corrected chi connectivity index (χ0v) is 12.3. The van der Waals surface area contributed by atoms with Gasteiger partial charge >= 0.3 is 0 Å². The van der Waals surface area contributed by atoms with Crippen LogP contribution in [0.1, 0.15) is 10.4 Å². The van der Waals surface area contributed by atoms with Crippen molar-refractivity contribution in [1.29, 1.82) is 0 Å². The molecule has 0 unspecified atom stereocenters. The summed E-state index contributed by atoms with van der Waals surface area (Å²) in [6.07, 6.45) is 11.5. The highest BCUT2D eigenvalue weighted by molar-refractivity contribution is 5.94. The largest absolute Gasteiger partial charge is 0.367 e. The Morgan fingerprint density at radius 1 is 1.09 bits per heavy atom. The van der Waals surface area contributed by atoms with E-state index in [4.69, 9.17) is 0 Å². The number of hydrogen-bond acceptors (Lipinski definition) is 6. The van der Waals surface area contributed by atoms with Crippen molar-refractivity contribution in [2.75, 3.05) is 18.4 Å². The molecule has 0 aliphatic heterocycles. The van der Waals surface area contributed by atoms with Gasteiger partial charge in [0.15, 0.2) is 0 Å². The highest BCUT2D eigenvalue weighted by Crippen LogP contribution is 2.06. The zero-order valence-electron chi connectivity index (χ0n) is 12.3. The highest BCUT2D eigenvalue weighted by atomic mass is 16.1. The lowest BCUT2D eigenvalue weighted by Gasteiger charge is -2.08. The number of carbonyl (C=O) groups excluding carboxylic acids is 1. The Hall–Kier alpha value is -3.29. The summed E-state index contributed by atoms with van der Waals surface area (Å²) < 4.78 is 1.74. The number of anilines is 1. The molecule has 0 aliphatic carbocycles. The normalized spacial score (nSPS) is 10.3. The van der Waals surface area contributed by atoms with Crippen molar-refractivity contribution in [1.82, 2.24) is 29.8 Å². The minimum atomic E-state index is -0.158. The summed E-state index contributed by atoms with van der Waals surface area (Å²) >= 11 is 0. The van der Waals surface area contributed by atoms with Crippen molar-refractivity contribution in [2.45, 2.75) is 0 Å². The molecule has 8 heteroatoms. The summed E-state index contributed by atoms with van der Waals surface area (Å²) in [7, 11) is 0. The number of carbonyl (C=O) groups is 1.